The summed E-state index contributed by atoms with van der Waals surface area (Å²) in [7, 11) is 4.62. The van der Waals surface area contributed by atoms with E-state index in [1.807, 2.05) is 42.5 Å². The van der Waals surface area contributed by atoms with Gasteiger partial charge in [-0.15, -0.1) is 0 Å². The average molecular weight is 362 g/mol. The molecule has 3 aromatic rings. The molecule has 0 aliphatic heterocycles. The fourth-order valence-electron chi connectivity index (χ4n) is 3.08. The number of hydrogen-bond donors (Lipinski definition) is 0. The summed E-state index contributed by atoms with van der Waals surface area (Å²) in [5, 5.41) is 0. The molecule has 0 atom stereocenters. The van der Waals surface area contributed by atoms with Crippen LogP contribution in [0.4, 0.5) is 0 Å². The lowest BCUT2D eigenvalue weighted by molar-refractivity contribution is 0.103. The van der Waals surface area contributed by atoms with Crippen molar-refractivity contribution in [2.75, 3.05) is 21.3 Å². The maximum Gasteiger partial charge on any atom is 0.200 e. The van der Waals surface area contributed by atoms with E-state index >= 15 is 0 Å². The molecule has 0 fully saturated rings. The van der Waals surface area contributed by atoms with Gasteiger partial charge in [0.25, 0.3) is 0 Å². The lowest BCUT2D eigenvalue weighted by atomic mass is 9.93. The molecule has 27 heavy (non-hydrogen) atoms. The minimum atomic E-state index is -0.141. The minimum Gasteiger partial charge on any atom is -0.496 e. The smallest absolute Gasteiger partial charge is 0.200 e. The highest BCUT2D eigenvalue weighted by Gasteiger charge is 2.23. The van der Waals surface area contributed by atoms with Gasteiger partial charge >= 0.3 is 0 Å². The molecule has 0 amide bonds. The van der Waals surface area contributed by atoms with Crippen LogP contribution >= 0.6 is 0 Å². The molecule has 3 aromatic carbocycles. The topological polar surface area (TPSA) is 44.8 Å². The lowest BCUT2D eigenvalue weighted by Gasteiger charge is -2.16. The number of ether oxygens (including phenoxy) is 3. The van der Waals surface area contributed by atoms with Crippen LogP contribution in [0.1, 0.15) is 27.0 Å². The van der Waals surface area contributed by atoms with Crippen molar-refractivity contribution in [3.8, 4) is 17.2 Å². The Balaban J connectivity index is 2.07. The average Bonchev–Trinajstić information content (AvgIpc) is 2.73. The molecule has 0 heterocycles. The van der Waals surface area contributed by atoms with Crippen LogP contribution in [0.15, 0.2) is 66.7 Å². The van der Waals surface area contributed by atoms with Crippen molar-refractivity contribution in [1.29, 1.82) is 0 Å². The number of methoxy groups -OCH3 is 3. The van der Waals surface area contributed by atoms with Crippen molar-refractivity contribution in [2.45, 2.75) is 6.42 Å². The van der Waals surface area contributed by atoms with Crippen LogP contribution in [0.2, 0.25) is 0 Å². The summed E-state index contributed by atoms with van der Waals surface area (Å²) >= 11 is 0. The Morgan fingerprint density at radius 3 is 1.96 bits per heavy atom. The van der Waals surface area contributed by atoms with Gasteiger partial charge in [-0.05, 0) is 17.5 Å². The summed E-state index contributed by atoms with van der Waals surface area (Å²) in [6, 6.07) is 21.1. The second-order valence-electron chi connectivity index (χ2n) is 6.06. The quantitative estimate of drug-likeness (QED) is 0.579. The van der Waals surface area contributed by atoms with Gasteiger partial charge in [-0.2, -0.15) is 0 Å². The van der Waals surface area contributed by atoms with Crippen LogP contribution in [0.25, 0.3) is 0 Å². The maximum atomic E-state index is 13.4. The SMILES string of the molecule is COc1cc(OC)c(C(=O)c2ccccc2Cc2ccccc2)c(OC)c1. The number of ketones is 1. The predicted molar refractivity (Wildman–Crippen MR) is 105 cm³/mol. The number of rotatable bonds is 7. The first-order valence-corrected chi connectivity index (χ1v) is 8.64. The highest BCUT2D eigenvalue weighted by atomic mass is 16.5. The molecule has 4 heteroatoms. The van der Waals surface area contributed by atoms with Crippen molar-refractivity contribution >= 4 is 5.78 Å². The Labute approximate surface area is 159 Å². The zero-order valence-corrected chi connectivity index (χ0v) is 15.7. The van der Waals surface area contributed by atoms with Gasteiger partial charge in [-0.1, -0.05) is 54.6 Å². The van der Waals surface area contributed by atoms with Crippen LogP contribution in [0.5, 0.6) is 17.2 Å². The van der Waals surface area contributed by atoms with Crippen molar-refractivity contribution < 1.29 is 19.0 Å². The predicted octanol–water partition coefficient (Wildman–Crippen LogP) is 4.53. The van der Waals surface area contributed by atoms with E-state index in [1.54, 1.807) is 19.2 Å². The molecule has 0 unspecified atom stereocenters. The molecule has 138 valence electrons. The number of benzene rings is 3. The fraction of sp³-hybridized carbons (Fsp3) is 0.174. The fourth-order valence-corrected chi connectivity index (χ4v) is 3.08. The van der Waals surface area contributed by atoms with E-state index in [0.29, 0.717) is 34.8 Å². The van der Waals surface area contributed by atoms with Gasteiger partial charge in [0.05, 0.1) is 21.3 Å². The van der Waals surface area contributed by atoms with Gasteiger partial charge in [-0.25, -0.2) is 0 Å². The molecule has 0 aliphatic rings. The second-order valence-corrected chi connectivity index (χ2v) is 6.06. The van der Waals surface area contributed by atoms with Crippen LogP contribution in [-0.2, 0) is 6.42 Å². The van der Waals surface area contributed by atoms with E-state index in [-0.39, 0.29) is 5.78 Å². The molecule has 0 saturated carbocycles. The van der Waals surface area contributed by atoms with E-state index in [4.69, 9.17) is 14.2 Å². The Kier molecular flexibility index (Phi) is 5.77. The molecule has 0 bridgehead atoms. The molecule has 0 radical (unpaired) electrons. The lowest BCUT2D eigenvalue weighted by Crippen LogP contribution is -2.10. The van der Waals surface area contributed by atoms with E-state index in [1.165, 1.54) is 14.2 Å². The molecular formula is C23H22O4. The first-order valence-electron chi connectivity index (χ1n) is 8.64. The normalized spacial score (nSPS) is 10.3. The third-order valence-corrected chi connectivity index (χ3v) is 4.44. The second kappa shape index (κ2) is 8.41. The standard InChI is InChI=1S/C23H22O4/c1-25-18-14-20(26-2)22(21(15-18)27-3)23(24)19-12-8-7-11-17(19)13-16-9-5-4-6-10-16/h4-12,14-15H,13H2,1-3H3. The van der Waals surface area contributed by atoms with E-state index in [9.17, 15) is 4.79 Å². The Hall–Kier alpha value is -3.27. The number of carbonyl (C=O) groups is 1. The van der Waals surface area contributed by atoms with Crippen molar-refractivity contribution in [3.05, 3.63) is 89.0 Å². The van der Waals surface area contributed by atoms with Gasteiger partial charge in [0.1, 0.15) is 22.8 Å². The first kappa shape index (κ1) is 18.5. The van der Waals surface area contributed by atoms with Gasteiger partial charge in [0.15, 0.2) is 0 Å². The van der Waals surface area contributed by atoms with Crippen LogP contribution in [-0.4, -0.2) is 27.1 Å². The third-order valence-electron chi connectivity index (χ3n) is 4.44. The van der Waals surface area contributed by atoms with E-state index in [0.717, 1.165) is 11.1 Å². The van der Waals surface area contributed by atoms with Gasteiger partial charge in [0, 0.05) is 17.7 Å². The minimum absolute atomic E-state index is 0.141. The summed E-state index contributed by atoms with van der Waals surface area (Å²) in [5.74, 6) is 1.27. The summed E-state index contributed by atoms with van der Waals surface area (Å²) in [4.78, 5) is 13.4. The van der Waals surface area contributed by atoms with Crippen molar-refractivity contribution in [1.82, 2.24) is 0 Å². The van der Waals surface area contributed by atoms with Gasteiger partial charge in [0.2, 0.25) is 5.78 Å². The molecule has 0 aliphatic carbocycles. The molecule has 0 aromatic heterocycles. The zero-order chi connectivity index (χ0) is 19.2. The van der Waals surface area contributed by atoms with Crippen molar-refractivity contribution in [3.63, 3.8) is 0 Å². The number of carbonyl (C=O) groups excluding carboxylic acids is 1. The van der Waals surface area contributed by atoms with Crippen molar-refractivity contribution in [2.24, 2.45) is 0 Å². The molecular weight excluding hydrogens is 340 g/mol. The summed E-state index contributed by atoms with van der Waals surface area (Å²) in [6.07, 6.45) is 0.670. The summed E-state index contributed by atoms with van der Waals surface area (Å²) in [6.45, 7) is 0. The summed E-state index contributed by atoms with van der Waals surface area (Å²) in [5.41, 5.74) is 3.12. The highest BCUT2D eigenvalue weighted by Crippen LogP contribution is 2.36. The summed E-state index contributed by atoms with van der Waals surface area (Å²) < 4.78 is 16.2. The van der Waals surface area contributed by atoms with Gasteiger partial charge < -0.3 is 14.2 Å². The Morgan fingerprint density at radius 1 is 0.778 bits per heavy atom. The van der Waals surface area contributed by atoms with E-state index < -0.39 is 0 Å². The Morgan fingerprint density at radius 2 is 1.37 bits per heavy atom. The number of hydrogen-bond acceptors (Lipinski definition) is 4. The molecule has 4 nitrogen and oxygen atoms in total. The highest BCUT2D eigenvalue weighted by molar-refractivity contribution is 6.13. The Bertz CT molecular complexity index is 907. The molecule has 3 rings (SSSR count). The zero-order valence-electron chi connectivity index (χ0n) is 15.7. The van der Waals surface area contributed by atoms with Crippen LogP contribution in [0, 0.1) is 0 Å². The van der Waals surface area contributed by atoms with Crippen LogP contribution < -0.4 is 14.2 Å². The van der Waals surface area contributed by atoms with Crippen LogP contribution in [0.3, 0.4) is 0 Å². The van der Waals surface area contributed by atoms with Gasteiger partial charge in [-0.3, -0.25) is 4.79 Å². The molecule has 0 N–H and O–H groups in total. The first-order chi connectivity index (χ1) is 13.2. The largest absolute Gasteiger partial charge is 0.496 e. The molecule has 0 spiro atoms. The monoisotopic (exact) mass is 362 g/mol. The van der Waals surface area contributed by atoms with E-state index in [2.05, 4.69) is 12.1 Å². The maximum absolute atomic E-state index is 13.4. The molecule has 0 saturated heterocycles. The third kappa shape index (κ3) is 3.95.